The Bertz CT molecular complexity index is 1170. The van der Waals surface area contributed by atoms with Gasteiger partial charge < -0.3 is 74.3 Å². The topological polar surface area (TPSA) is 253 Å². The lowest BCUT2D eigenvalue weighted by Crippen LogP contribution is -2.47. The van der Waals surface area contributed by atoms with Gasteiger partial charge in [0.05, 0.1) is 78.3 Å². The van der Waals surface area contributed by atoms with Crippen LogP contribution in [0.1, 0.15) is 39.5 Å². The molecule has 1 saturated heterocycles. The molecule has 20 heteroatoms. The number of hydrogen-bond acceptors (Lipinski definition) is 14. The molecular weight excluding hydrogens is 917 g/mol. The minimum absolute atomic E-state index is 0.214. The van der Waals surface area contributed by atoms with E-state index in [-0.39, 0.29) is 6.61 Å². The van der Waals surface area contributed by atoms with Crippen LogP contribution < -0.4 is 5.11 Å². The van der Waals surface area contributed by atoms with Crippen molar-refractivity contribution in [3.8, 4) is 0 Å². The zero-order valence-corrected chi connectivity index (χ0v) is 49.0. The van der Waals surface area contributed by atoms with E-state index in [9.17, 15) is 19.8 Å². The summed E-state index contributed by atoms with van der Waals surface area (Å²) in [6.45, 7) is 32.0. The Labute approximate surface area is 406 Å². The van der Waals surface area contributed by atoms with Crippen LogP contribution in [0.4, 0.5) is 0 Å². The summed E-state index contributed by atoms with van der Waals surface area (Å²) in [5.41, 5.74) is -2.89. The van der Waals surface area contributed by atoms with E-state index >= 15 is 0 Å². The second-order valence-corrected chi connectivity index (χ2v) is 45.5. The summed E-state index contributed by atoms with van der Waals surface area (Å²) in [6.07, 6.45) is 4.03. The molecule has 0 spiro atoms. The van der Waals surface area contributed by atoms with Crippen LogP contribution in [0, 0.1) is 10.8 Å². The van der Waals surface area contributed by atoms with E-state index in [0.29, 0.717) is 25.9 Å². The molecule has 0 aromatic carbocycles. The number of aliphatic carboxylic acids is 2. The fourth-order valence-corrected chi connectivity index (χ4v) is 19.7. The molecule has 8 N–H and O–H groups in total. The number of carbonyl (C=O) groups excluding carboxylic acids is 1. The first-order valence-electron chi connectivity index (χ1n) is 24.1. The van der Waals surface area contributed by atoms with Crippen molar-refractivity contribution >= 4 is 44.2 Å². The number of aliphatic hydroxyl groups is 7. The minimum Gasteiger partial charge on any atom is -0.549 e. The highest BCUT2D eigenvalue weighted by molar-refractivity contribution is 6.82. The monoisotopic (exact) mass is 1020 g/mol. The van der Waals surface area contributed by atoms with E-state index < -0.39 is 87.6 Å². The van der Waals surface area contributed by atoms with E-state index in [1.54, 1.807) is 0 Å². The smallest absolute Gasteiger partial charge is 0.314 e. The number of carboxylic acids is 2. The van der Waals surface area contributed by atoms with Gasteiger partial charge in [-0.2, -0.15) is 0 Å². The first-order chi connectivity index (χ1) is 30.1. The van der Waals surface area contributed by atoms with Gasteiger partial charge in [-0.05, 0) is 53.8 Å². The molecular formula is C46H106N2O14Si4. The third-order valence-electron chi connectivity index (χ3n) is 11.2. The maximum absolute atomic E-state index is 10.2. The zero-order chi connectivity index (χ0) is 52.5. The Morgan fingerprint density at radius 3 is 1.38 bits per heavy atom. The average Bonchev–Trinajstić information content (AvgIpc) is 4.04. The molecule has 0 radical (unpaired) electrons. The summed E-state index contributed by atoms with van der Waals surface area (Å²) in [5, 5.41) is 79.3. The summed E-state index contributed by atoms with van der Waals surface area (Å²) in [7, 11) is 4.38. The highest BCUT2D eigenvalue weighted by atomic mass is 28.3. The number of carboxylic acid groups (broad SMARTS) is 2. The molecule has 66 heavy (non-hydrogen) atoms. The maximum Gasteiger partial charge on any atom is 0.314 e. The van der Waals surface area contributed by atoms with Gasteiger partial charge in [0.2, 0.25) is 0 Å². The normalized spacial score (nSPS) is 14.9. The van der Waals surface area contributed by atoms with E-state index in [2.05, 4.69) is 84.5 Å². The van der Waals surface area contributed by atoms with Crippen LogP contribution in [0.15, 0.2) is 0 Å². The van der Waals surface area contributed by atoms with Crippen molar-refractivity contribution in [3.63, 3.8) is 0 Å². The third kappa shape index (κ3) is 47.0. The Balaban J connectivity index is -0.000000396. The van der Waals surface area contributed by atoms with Gasteiger partial charge in [0, 0.05) is 65.1 Å². The predicted molar refractivity (Wildman–Crippen MR) is 278 cm³/mol. The summed E-state index contributed by atoms with van der Waals surface area (Å²) < 4.78 is 17.2. The van der Waals surface area contributed by atoms with Crippen LogP contribution in [-0.2, 0) is 23.8 Å². The highest BCUT2D eigenvalue weighted by Gasteiger charge is 2.31. The number of rotatable bonds is 32. The molecule has 0 bridgehead atoms. The van der Waals surface area contributed by atoms with Crippen LogP contribution in [0.2, 0.25) is 102 Å². The molecule has 1 aliphatic heterocycles. The lowest BCUT2D eigenvalue weighted by Gasteiger charge is -2.31. The van der Waals surface area contributed by atoms with Crippen molar-refractivity contribution in [2.45, 2.75) is 153 Å². The fraction of sp³-hybridized carbons (Fsp3) is 0.957. The number of epoxide rings is 1. The van der Waals surface area contributed by atoms with Crippen LogP contribution in [-0.4, -0.2) is 227 Å². The highest BCUT2D eigenvalue weighted by Crippen LogP contribution is 2.26. The lowest BCUT2D eigenvalue weighted by molar-refractivity contribution is -0.893. The molecule has 1 fully saturated rings. The number of nitrogens with zero attached hydrogens (tertiary/aromatic N) is 2. The van der Waals surface area contributed by atoms with Crippen LogP contribution in [0.3, 0.4) is 0 Å². The zero-order valence-electron chi connectivity index (χ0n) is 45.0. The van der Waals surface area contributed by atoms with Crippen LogP contribution >= 0.6 is 0 Å². The molecule has 1 aliphatic rings. The van der Waals surface area contributed by atoms with Gasteiger partial charge in [0.15, 0.2) is 0 Å². The molecule has 16 nitrogen and oxygen atoms in total. The number of ether oxygens (including phenoxy) is 3. The predicted octanol–water partition coefficient (Wildman–Crippen LogP) is 3.82. The summed E-state index contributed by atoms with van der Waals surface area (Å²) in [4.78, 5) is 22.3. The second kappa shape index (κ2) is 37.2. The Kier molecular flexibility index (Phi) is 40.5. The summed E-state index contributed by atoms with van der Waals surface area (Å²) in [6, 6.07) is 8.65. The number of carbonyl (C=O) groups is 2. The molecule has 1 rings (SSSR count). The first kappa shape index (κ1) is 71.9. The van der Waals surface area contributed by atoms with Gasteiger partial charge in [0.25, 0.3) is 0 Å². The number of likely N-dealkylation sites (N-methyl/N-ethyl adjacent to an activating group) is 1. The van der Waals surface area contributed by atoms with Crippen LogP contribution in [0.25, 0.3) is 0 Å². The number of quaternary nitrogens is 1. The van der Waals surface area contributed by atoms with Crippen molar-refractivity contribution in [2.75, 3.05) is 121 Å². The average molecular weight is 1020 g/mol. The van der Waals surface area contributed by atoms with Crippen LogP contribution in [0.5, 0.6) is 0 Å². The van der Waals surface area contributed by atoms with Gasteiger partial charge in [-0.3, -0.25) is 4.79 Å². The maximum atomic E-state index is 10.2. The molecule has 0 amide bonds. The Morgan fingerprint density at radius 1 is 0.697 bits per heavy atom. The van der Waals surface area contributed by atoms with Crippen molar-refractivity contribution in [1.82, 2.24) is 4.90 Å². The van der Waals surface area contributed by atoms with Crippen molar-refractivity contribution in [2.24, 2.45) is 10.8 Å². The molecule has 1 heterocycles. The van der Waals surface area contributed by atoms with Gasteiger partial charge in [0.1, 0.15) is 24.2 Å². The van der Waals surface area contributed by atoms with E-state index in [1.807, 2.05) is 14.1 Å². The fourth-order valence-electron chi connectivity index (χ4n) is 5.55. The largest absolute Gasteiger partial charge is 0.549 e. The van der Waals surface area contributed by atoms with Gasteiger partial charge >= 0.3 is 5.97 Å². The quantitative estimate of drug-likeness (QED) is 0.0207. The first-order valence-corrected chi connectivity index (χ1v) is 38.3. The molecule has 2 unspecified atom stereocenters. The number of aliphatic hydroxyl groups excluding tert-OH is 7. The van der Waals surface area contributed by atoms with Gasteiger partial charge in [-0.15, -0.1) is 0 Å². The van der Waals surface area contributed by atoms with E-state index in [4.69, 9.17) is 50.0 Å². The standard InChI is InChI=1S/C18H44NO3Si2.C13H30O2Si2.C5H13NO.2C5H10O4/c1-19(2,10-8-11-20)16-18(21)17-22-12-9-13-24(6,7)15-14-23(3,4)5;1-16(2,3)9-10-17(4,5)8-6-7-14-11-13-12-15-13;1-6(2)4-3-5-7;2*1-5(2-6,3-7)4(8)9/h18,20-21H,8-17H2,1-7H3;13H,6-12H2,1-5H3;7H,3-5H2,1-2H3;2*6-7H,2-3H2,1H3,(H,8,9)/q+1;;;;/p-1. The number of hydrogen-bond donors (Lipinski definition) is 8. The summed E-state index contributed by atoms with van der Waals surface area (Å²) in [5.74, 6) is -2.62. The molecule has 0 aromatic heterocycles. The lowest BCUT2D eigenvalue weighted by atomic mass is 9.94. The van der Waals surface area contributed by atoms with Gasteiger partial charge in [-0.25, -0.2) is 0 Å². The summed E-state index contributed by atoms with van der Waals surface area (Å²) >= 11 is 0. The van der Waals surface area contributed by atoms with Crippen molar-refractivity contribution in [1.29, 1.82) is 0 Å². The molecule has 0 saturated carbocycles. The van der Waals surface area contributed by atoms with E-state index in [0.717, 1.165) is 63.3 Å². The SMILES string of the molecule is CC(CO)(CO)C(=O)O.CC(CO)(CO)C(=O)[O-].CN(C)CCCO.C[N+](C)(CCCO)CC(O)COCCC[Si](C)(C)CC[Si](C)(C)C.C[Si](C)(C)CC[Si](C)(C)CCCOCC1CO1. The Hall–Kier alpha value is -0.672. The molecule has 400 valence electrons. The molecule has 0 aromatic rings. The third-order valence-corrected chi connectivity index (χ3v) is 22.3. The minimum atomic E-state index is -1.50. The molecule has 2 atom stereocenters. The van der Waals surface area contributed by atoms with E-state index in [1.165, 1.54) is 56.5 Å². The van der Waals surface area contributed by atoms with Crippen molar-refractivity contribution < 1.29 is 74.2 Å². The van der Waals surface area contributed by atoms with Crippen molar-refractivity contribution in [3.05, 3.63) is 0 Å². The van der Waals surface area contributed by atoms with Gasteiger partial charge in [-0.1, -0.05) is 102 Å². The molecule has 0 aliphatic carbocycles. The second-order valence-electron chi connectivity index (χ2n) is 23.6. The Morgan fingerprint density at radius 2 is 1.11 bits per heavy atom.